The van der Waals surface area contributed by atoms with E-state index < -0.39 is 40.5 Å². The number of hydrogen-bond acceptors (Lipinski definition) is 12. The van der Waals surface area contributed by atoms with Crippen LogP contribution in [0, 0.1) is 0 Å². The van der Waals surface area contributed by atoms with E-state index in [2.05, 4.69) is 79.7 Å². The standard InChI is InChI=1S/4C28H44O3S.Pb/c4*1-3-5-7-9-11-13-15-18-24-22-23-27-26(20-17-21-28(27)32(29,30)31)25(24)19-16-14-12-10-8-6-4-2;/h4*17,20-23H,3-16,18-19H2,1-2H3,(H,29,30,31);/p-4. The van der Waals surface area contributed by atoms with Gasteiger partial charge >= 0.3 is 0 Å². The summed E-state index contributed by atoms with van der Waals surface area (Å²) in [6.07, 6.45) is 79.0. The van der Waals surface area contributed by atoms with Crippen molar-refractivity contribution < 1.29 is 51.9 Å². The zero-order chi connectivity index (χ0) is 92.9. The van der Waals surface area contributed by atoms with E-state index in [0.29, 0.717) is 21.5 Å². The van der Waals surface area contributed by atoms with E-state index in [-0.39, 0.29) is 46.9 Å². The van der Waals surface area contributed by atoms with Gasteiger partial charge in [-0.2, -0.15) is 0 Å². The first kappa shape index (κ1) is 117. The monoisotopic (exact) mass is 2050 g/mol. The van der Waals surface area contributed by atoms with Crippen molar-refractivity contribution in [3.63, 3.8) is 0 Å². The van der Waals surface area contributed by atoms with Crippen molar-refractivity contribution in [3.8, 4) is 0 Å². The van der Waals surface area contributed by atoms with E-state index in [1.807, 2.05) is 48.5 Å². The molecule has 0 fully saturated rings. The van der Waals surface area contributed by atoms with Crippen molar-refractivity contribution in [1.29, 1.82) is 0 Å². The minimum absolute atomic E-state index is 0. The van der Waals surface area contributed by atoms with Gasteiger partial charge in [0.2, 0.25) is 0 Å². The molecular weight excluding hydrogens is 1870 g/mol. The molecular formula is C112H172O12PbS4-4. The number of benzene rings is 8. The first-order valence-corrected chi connectivity index (χ1v) is 57.6. The Bertz CT molecular complexity index is 4220. The van der Waals surface area contributed by atoms with Gasteiger partial charge in [-0.15, -0.1) is 0 Å². The predicted octanol–water partition coefficient (Wildman–Crippen LogP) is 32.9. The van der Waals surface area contributed by atoms with Gasteiger partial charge in [0.1, 0.15) is 40.5 Å². The van der Waals surface area contributed by atoms with Crippen LogP contribution >= 0.6 is 0 Å². The average molecular weight is 2050 g/mol. The van der Waals surface area contributed by atoms with E-state index in [0.717, 1.165) is 98.6 Å². The Hall–Kier alpha value is -4.64. The minimum atomic E-state index is -4.48. The number of rotatable bonds is 68. The molecule has 0 aliphatic rings. The summed E-state index contributed by atoms with van der Waals surface area (Å²) < 4.78 is 142. The van der Waals surface area contributed by atoms with Crippen molar-refractivity contribution in [2.24, 2.45) is 0 Å². The van der Waals surface area contributed by atoms with E-state index in [1.54, 1.807) is 24.3 Å². The van der Waals surface area contributed by atoms with Gasteiger partial charge in [-0.3, -0.25) is 0 Å². The van der Waals surface area contributed by atoms with Crippen LogP contribution < -0.4 is 0 Å². The quantitative estimate of drug-likeness (QED) is 0.0197. The predicted molar refractivity (Wildman–Crippen MR) is 547 cm³/mol. The van der Waals surface area contributed by atoms with Crippen LogP contribution in [0.1, 0.15) is 459 Å². The normalized spacial score (nSPS) is 11.9. The Labute approximate surface area is 807 Å². The second kappa shape index (κ2) is 69.2. The molecule has 17 heteroatoms. The fourth-order valence-corrected chi connectivity index (χ4v) is 21.6. The van der Waals surface area contributed by atoms with E-state index >= 15 is 0 Å². The maximum atomic E-state index is 11.8. The molecule has 8 aromatic rings. The second-order valence-corrected chi connectivity index (χ2v) is 42.4. The molecule has 0 unspecified atom stereocenters. The Balaban J connectivity index is 0.000000359. The summed E-state index contributed by atoms with van der Waals surface area (Å²) in [5.41, 5.74) is 10.4. The molecule has 0 bridgehead atoms. The summed E-state index contributed by atoms with van der Waals surface area (Å²) in [7, 11) is -17.9. The SMILES string of the molecule is CCCCCCCCCc1ccc2c(S(=O)(=O)[O-])cccc2c1CCCCCCCCC.CCCCCCCCCc1ccc2c(S(=O)(=O)[O-])cccc2c1CCCCCCCCC.CCCCCCCCCc1ccc2c(S(=O)(=O)[O-])cccc2c1CCCCCCCCC.CCCCCCCCCc1ccc2c(S(=O)(=O)[O-])cccc2c1CCCCCCCCC.[Pb]. The van der Waals surface area contributed by atoms with Crippen LogP contribution in [0.4, 0.5) is 0 Å². The van der Waals surface area contributed by atoms with Crippen LogP contribution in [0.3, 0.4) is 0 Å². The summed E-state index contributed by atoms with van der Waals surface area (Å²) in [5, 5.41) is 6.16. The maximum absolute atomic E-state index is 11.8. The molecule has 0 amide bonds. The number of unbranched alkanes of at least 4 members (excludes halogenated alkanes) is 48. The molecule has 0 spiro atoms. The van der Waals surface area contributed by atoms with Gasteiger partial charge in [0, 0.05) is 27.3 Å². The van der Waals surface area contributed by atoms with Gasteiger partial charge in [-0.05, 0) is 215 Å². The van der Waals surface area contributed by atoms with Crippen molar-refractivity contribution >= 4 is 111 Å². The van der Waals surface area contributed by atoms with E-state index in [4.69, 9.17) is 0 Å². The van der Waals surface area contributed by atoms with Crippen molar-refractivity contribution in [1.82, 2.24) is 0 Å². The third-order valence-electron chi connectivity index (χ3n) is 26.3. The fraction of sp³-hybridized carbons (Fsp3) is 0.643. The Morgan fingerprint density at radius 1 is 0.163 bits per heavy atom. The van der Waals surface area contributed by atoms with Gasteiger partial charge in [-0.25, -0.2) is 33.7 Å². The first-order chi connectivity index (χ1) is 61.9. The topological polar surface area (TPSA) is 229 Å². The van der Waals surface area contributed by atoms with Crippen LogP contribution in [0.15, 0.2) is 141 Å². The molecule has 129 heavy (non-hydrogen) atoms. The van der Waals surface area contributed by atoms with Gasteiger partial charge in [0.05, 0.1) is 19.6 Å². The Morgan fingerprint density at radius 3 is 0.434 bits per heavy atom. The minimum Gasteiger partial charge on any atom is -0.744 e. The summed E-state index contributed by atoms with van der Waals surface area (Å²) >= 11 is 0. The maximum Gasteiger partial charge on any atom is 0.125 e. The van der Waals surface area contributed by atoms with E-state index in [9.17, 15) is 51.9 Å². The van der Waals surface area contributed by atoms with Crippen LogP contribution in [0.5, 0.6) is 0 Å². The largest absolute Gasteiger partial charge is 0.744 e. The van der Waals surface area contributed by atoms with Gasteiger partial charge < -0.3 is 18.2 Å². The van der Waals surface area contributed by atoms with Crippen LogP contribution in [0.25, 0.3) is 43.1 Å². The number of fused-ring (bicyclic) bond motifs is 4. The molecule has 4 radical (unpaired) electrons. The average Bonchev–Trinajstić information content (AvgIpc) is 0.791. The molecule has 0 saturated heterocycles. The van der Waals surface area contributed by atoms with E-state index in [1.165, 1.54) is 403 Å². The zero-order valence-electron chi connectivity index (χ0n) is 81.8. The Morgan fingerprint density at radius 2 is 0.295 bits per heavy atom. The molecule has 724 valence electrons. The summed E-state index contributed by atoms with van der Waals surface area (Å²) in [4.78, 5) is -0.340. The van der Waals surface area contributed by atoms with Gasteiger partial charge in [-0.1, -0.05) is 461 Å². The van der Waals surface area contributed by atoms with Crippen LogP contribution in [0.2, 0.25) is 0 Å². The van der Waals surface area contributed by atoms with Gasteiger partial charge in [0.15, 0.2) is 0 Å². The summed E-state index contributed by atoms with van der Waals surface area (Å²) in [6.45, 7) is 17.9. The molecule has 0 aliphatic carbocycles. The molecule has 0 aromatic heterocycles. The molecule has 8 aromatic carbocycles. The number of hydrogen-bond donors (Lipinski definition) is 0. The third kappa shape index (κ3) is 45.7. The molecule has 8 rings (SSSR count). The zero-order valence-corrected chi connectivity index (χ0v) is 89.0. The first-order valence-electron chi connectivity index (χ1n) is 51.9. The molecule has 0 saturated carbocycles. The van der Waals surface area contributed by atoms with Crippen LogP contribution in [-0.2, 0) is 91.8 Å². The molecule has 12 nitrogen and oxygen atoms in total. The third-order valence-corrected chi connectivity index (χ3v) is 29.9. The molecule has 0 atom stereocenters. The van der Waals surface area contributed by atoms with Crippen molar-refractivity contribution in [2.75, 3.05) is 0 Å². The molecule has 0 N–H and O–H groups in total. The van der Waals surface area contributed by atoms with Crippen molar-refractivity contribution in [3.05, 3.63) is 166 Å². The molecule has 0 heterocycles. The Kier molecular flexibility index (Phi) is 62.6. The van der Waals surface area contributed by atoms with Crippen LogP contribution in [-0.4, -0.2) is 79.2 Å². The van der Waals surface area contributed by atoms with Gasteiger partial charge in [0.25, 0.3) is 0 Å². The number of aryl methyl sites for hydroxylation is 8. The van der Waals surface area contributed by atoms with Crippen molar-refractivity contribution in [2.45, 2.75) is 486 Å². The smallest absolute Gasteiger partial charge is 0.125 e. The summed E-state index contributed by atoms with van der Waals surface area (Å²) in [6, 6.07) is 36.3. The second-order valence-electron chi connectivity index (χ2n) is 37.0. The fourth-order valence-electron chi connectivity index (χ4n) is 18.9. The summed E-state index contributed by atoms with van der Waals surface area (Å²) in [5.74, 6) is 0. The molecule has 0 aliphatic heterocycles.